The summed E-state index contributed by atoms with van der Waals surface area (Å²) in [5.74, 6) is 0.240. The van der Waals surface area contributed by atoms with Crippen LogP contribution < -0.4 is 11.1 Å². The zero-order chi connectivity index (χ0) is 15.0. The van der Waals surface area contributed by atoms with Crippen LogP contribution in [0, 0.1) is 6.92 Å². The van der Waals surface area contributed by atoms with Crippen molar-refractivity contribution in [3.8, 4) is 5.75 Å². The standard InChI is InChI=1S/C17H19ClN2O/c1-10-3-2-4-11(7-10)14-9-20-6-5-12-13(14)8-15(21)17(19)16(12)18/h2-4,7-8,14,20-21H,5-6,9,19H2,1H3. The monoisotopic (exact) mass is 302 g/mol. The van der Waals surface area contributed by atoms with Gasteiger partial charge in [0.25, 0.3) is 0 Å². The Balaban J connectivity index is 2.17. The van der Waals surface area contributed by atoms with Gasteiger partial charge in [-0.05, 0) is 42.6 Å². The number of hydrogen-bond acceptors (Lipinski definition) is 3. The first-order valence-electron chi connectivity index (χ1n) is 7.15. The third kappa shape index (κ3) is 2.59. The van der Waals surface area contributed by atoms with E-state index in [1.165, 1.54) is 11.1 Å². The molecule has 3 rings (SSSR count). The lowest BCUT2D eigenvalue weighted by Crippen LogP contribution is -2.20. The minimum atomic E-state index is 0.0679. The number of aryl methyl sites for hydroxylation is 1. The number of benzene rings is 2. The van der Waals surface area contributed by atoms with Gasteiger partial charge in [0.1, 0.15) is 5.75 Å². The Labute approximate surface area is 129 Å². The second-order valence-electron chi connectivity index (χ2n) is 5.61. The van der Waals surface area contributed by atoms with Crippen molar-refractivity contribution in [3.63, 3.8) is 0 Å². The average Bonchev–Trinajstić information content (AvgIpc) is 2.67. The van der Waals surface area contributed by atoms with E-state index in [-0.39, 0.29) is 17.4 Å². The normalized spacial score (nSPS) is 18.1. The zero-order valence-electron chi connectivity index (χ0n) is 12.0. The highest BCUT2D eigenvalue weighted by molar-refractivity contribution is 6.34. The summed E-state index contributed by atoms with van der Waals surface area (Å²) in [7, 11) is 0. The van der Waals surface area contributed by atoms with Gasteiger partial charge < -0.3 is 16.2 Å². The summed E-state index contributed by atoms with van der Waals surface area (Å²) in [5.41, 5.74) is 10.7. The number of nitrogens with two attached hydrogens (primary N) is 1. The van der Waals surface area contributed by atoms with Crippen molar-refractivity contribution in [3.05, 3.63) is 57.6 Å². The molecule has 21 heavy (non-hydrogen) atoms. The van der Waals surface area contributed by atoms with Gasteiger partial charge in [0.15, 0.2) is 0 Å². The smallest absolute Gasteiger partial charge is 0.140 e. The van der Waals surface area contributed by atoms with E-state index >= 15 is 0 Å². The predicted octanol–water partition coefficient (Wildman–Crippen LogP) is 3.21. The van der Waals surface area contributed by atoms with E-state index in [0.717, 1.165) is 30.6 Å². The summed E-state index contributed by atoms with van der Waals surface area (Å²) in [5, 5.41) is 14.0. The molecule has 2 aromatic rings. The number of phenolic OH excluding ortho intramolecular Hbond substituents is 1. The van der Waals surface area contributed by atoms with Crippen LogP contribution in [0.25, 0.3) is 0 Å². The third-order valence-electron chi connectivity index (χ3n) is 4.14. The van der Waals surface area contributed by atoms with Gasteiger partial charge in [0, 0.05) is 12.5 Å². The Bertz CT molecular complexity index is 685. The van der Waals surface area contributed by atoms with Crippen LogP contribution >= 0.6 is 11.6 Å². The molecule has 1 heterocycles. The van der Waals surface area contributed by atoms with E-state index in [1.807, 2.05) is 0 Å². The molecule has 4 heteroatoms. The maximum Gasteiger partial charge on any atom is 0.140 e. The van der Waals surface area contributed by atoms with Gasteiger partial charge in [0.2, 0.25) is 0 Å². The fourth-order valence-electron chi connectivity index (χ4n) is 3.03. The number of aromatic hydroxyl groups is 1. The Morgan fingerprint density at radius 1 is 1.33 bits per heavy atom. The van der Waals surface area contributed by atoms with Crippen LogP contribution in [0.3, 0.4) is 0 Å². The Morgan fingerprint density at radius 2 is 2.14 bits per heavy atom. The molecule has 0 bridgehead atoms. The van der Waals surface area contributed by atoms with Gasteiger partial charge in [-0.15, -0.1) is 0 Å². The molecule has 0 aromatic heterocycles. The molecule has 1 unspecified atom stereocenters. The molecule has 3 nitrogen and oxygen atoms in total. The second-order valence-corrected chi connectivity index (χ2v) is 5.99. The summed E-state index contributed by atoms with van der Waals surface area (Å²) in [6.07, 6.45) is 0.820. The Hall–Kier alpha value is -1.71. The maximum absolute atomic E-state index is 10.0. The van der Waals surface area contributed by atoms with Gasteiger partial charge >= 0.3 is 0 Å². The lowest BCUT2D eigenvalue weighted by Gasteiger charge is -2.20. The molecule has 0 radical (unpaired) electrons. The second kappa shape index (κ2) is 5.58. The predicted molar refractivity (Wildman–Crippen MR) is 87.1 cm³/mol. The van der Waals surface area contributed by atoms with E-state index in [4.69, 9.17) is 17.3 Å². The third-order valence-corrected chi connectivity index (χ3v) is 4.57. The first-order chi connectivity index (χ1) is 10.1. The van der Waals surface area contributed by atoms with Gasteiger partial charge in [-0.2, -0.15) is 0 Å². The highest BCUT2D eigenvalue weighted by Crippen LogP contribution is 2.40. The molecule has 0 fully saturated rings. The summed E-state index contributed by atoms with van der Waals surface area (Å²) in [6.45, 7) is 3.78. The minimum absolute atomic E-state index is 0.0679. The number of anilines is 1. The van der Waals surface area contributed by atoms with Gasteiger partial charge in [-0.3, -0.25) is 0 Å². The number of hydrogen-bond donors (Lipinski definition) is 3. The van der Waals surface area contributed by atoms with E-state index in [0.29, 0.717) is 5.02 Å². The van der Waals surface area contributed by atoms with Crippen LogP contribution in [-0.2, 0) is 6.42 Å². The average molecular weight is 303 g/mol. The van der Waals surface area contributed by atoms with Crippen molar-refractivity contribution in [2.75, 3.05) is 18.8 Å². The molecule has 0 saturated heterocycles. The molecule has 1 atom stereocenters. The summed E-state index contributed by atoms with van der Waals surface area (Å²) in [4.78, 5) is 0. The van der Waals surface area contributed by atoms with Crippen molar-refractivity contribution >= 4 is 17.3 Å². The van der Waals surface area contributed by atoms with E-state index in [2.05, 4.69) is 36.5 Å². The molecule has 1 aliphatic rings. The molecule has 2 aromatic carbocycles. The van der Waals surface area contributed by atoms with E-state index < -0.39 is 0 Å². The molecule has 1 aliphatic heterocycles. The first-order valence-corrected chi connectivity index (χ1v) is 7.52. The van der Waals surface area contributed by atoms with Crippen molar-refractivity contribution < 1.29 is 5.11 Å². The Morgan fingerprint density at radius 3 is 2.90 bits per heavy atom. The SMILES string of the molecule is Cc1cccc(C2CNCCc3c2cc(O)c(N)c3Cl)c1. The van der Waals surface area contributed by atoms with Gasteiger partial charge in [-0.1, -0.05) is 41.4 Å². The summed E-state index contributed by atoms with van der Waals surface area (Å²) < 4.78 is 0. The van der Waals surface area contributed by atoms with Crippen LogP contribution in [-0.4, -0.2) is 18.2 Å². The number of halogens is 1. The van der Waals surface area contributed by atoms with Crippen molar-refractivity contribution in [2.45, 2.75) is 19.3 Å². The molecule has 110 valence electrons. The zero-order valence-corrected chi connectivity index (χ0v) is 12.7. The molecule has 0 saturated carbocycles. The lowest BCUT2D eigenvalue weighted by atomic mass is 9.87. The fraction of sp³-hybridized carbons (Fsp3) is 0.294. The number of phenols is 1. The van der Waals surface area contributed by atoms with E-state index in [9.17, 15) is 5.11 Å². The molecule has 0 spiro atoms. The van der Waals surface area contributed by atoms with Crippen LogP contribution in [0.2, 0.25) is 5.02 Å². The molecular formula is C17H19ClN2O. The summed E-state index contributed by atoms with van der Waals surface area (Å²) >= 11 is 6.36. The number of nitrogen functional groups attached to an aromatic ring is 1. The van der Waals surface area contributed by atoms with E-state index in [1.54, 1.807) is 6.07 Å². The van der Waals surface area contributed by atoms with Crippen LogP contribution in [0.15, 0.2) is 30.3 Å². The fourth-order valence-corrected chi connectivity index (χ4v) is 3.33. The number of fused-ring (bicyclic) bond motifs is 1. The molecule has 0 amide bonds. The first kappa shape index (κ1) is 14.2. The number of nitrogens with one attached hydrogen (secondary N) is 1. The molecule has 0 aliphatic carbocycles. The maximum atomic E-state index is 10.0. The minimum Gasteiger partial charge on any atom is -0.506 e. The topological polar surface area (TPSA) is 58.3 Å². The number of rotatable bonds is 1. The van der Waals surface area contributed by atoms with Crippen molar-refractivity contribution in [1.29, 1.82) is 0 Å². The largest absolute Gasteiger partial charge is 0.506 e. The highest BCUT2D eigenvalue weighted by Gasteiger charge is 2.24. The quantitative estimate of drug-likeness (QED) is 0.560. The van der Waals surface area contributed by atoms with Gasteiger partial charge in [-0.25, -0.2) is 0 Å². The molecule has 4 N–H and O–H groups in total. The van der Waals surface area contributed by atoms with Crippen molar-refractivity contribution in [2.24, 2.45) is 0 Å². The van der Waals surface area contributed by atoms with Crippen molar-refractivity contribution in [1.82, 2.24) is 5.32 Å². The highest BCUT2D eigenvalue weighted by atomic mass is 35.5. The Kier molecular flexibility index (Phi) is 3.79. The summed E-state index contributed by atoms with van der Waals surface area (Å²) in [6, 6.07) is 10.2. The van der Waals surface area contributed by atoms with Crippen LogP contribution in [0.5, 0.6) is 5.75 Å². The van der Waals surface area contributed by atoms with Crippen LogP contribution in [0.1, 0.15) is 28.2 Å². The lowest BCUT2D eigenvalue weighted by molar-refractivity contribution is 0.476. The van der Waals surface area contributed by atoms with Crippen LogP contribution in [0.4, 0.5) is 5.69 Å². The molecular weight excluding hydrogens is 284 g/mol. The van der Waals surface area contributed by atoms with Gasteiger partial charge in [0.05, 0.1) is 10.7 Å².